The number of halogens is 1. The Bertz CT molecular complexity index is 478. The van der Waals surface area contributed by atoms with Crippen LogP contribution < -0.4 is 0 Å². The molecule has 2 aromatic heterocycles. The number of nitrogens with zero attached hydrogens (tertiary/aromatic N) is 1. The third-order valence-electron chi connectivity index (χ3n) is 1.72. The normalized spacial score (nSPS) is 10.5. The zero-order valence-corrected chi connectivity index (χ0v) is 7.17. The maximum Gasteiger partial charge on any atom is 0.353 e. The highest BCUT2D eigenvalue weighted by atomic mass is 35.5. The highest BCUT2D eigenvalue weighted by Gasteiger charge is 2.14. The standard InChI is InChI=1S/C8H5ClN2O2/c9-5-4-2-1-3-10-7(4)11-6(5)8(12)13/h1-3H,(H,10,11)(H,12,13). The second-order valence-electron chi connectivity index (χ2n) is 2.52. The Labute approximate surface area is 78.2 Å². The van der Waals surface area contributed by atoms with Crippen LogP contribution in [0.5, 0.6) is 0 Å². The highest BCUT2D eigenvalue weighted by Crippen LogP contribution is 2.25. The van der Waals surface area contributed by atoms with Gasteiger partial charge in [0.25, 0.3) is 0 Å². The van der Waals surface area contributed by atoms with E-state index in [0.29, 0.717) is 11.0 Å². The van der Waals surface area contributed by atoms with Crippen LogP contribution in [0, 0.1) is 0 Å². The predicted octanol–water partition coefficient (Wildman–Crippen LogP) is 1.91. The number of fused-ring (bicyclic) bond motifs is 1. The SMILES string of the molecule is O=C(O)c1[nH]c2ncccc2c1Cl. The minimum atomic E-state index is -1.08. The van der Waals surface area contributed by atoms with Gasteiger partial charge in [-0.05, 0) is 12.1 Å². The molecule has 2 rings (SSSR count). The van der Waals surface area contributed by atoms with Crippen molar-refractivity contribution in [2.75, 3.05) is 0 Å². The topological polar surface area (TPSA) is 66.0 Å². The van der Waals surface area contributed by atoms with Crippen molar-refractivity contribution in [3.63, 3.8) is 0 Å². The second kappa shape index (κ2) is 2.74. The summed E-state index contributed by atoms with van der Waals surface area (Å²) in [5.74, 6) is -1.08. The second-order valence-corrected chi connectivity index (χ2v) is 2.90. The number of aromatic carboxylic acids is 1. The van der Waals surface area contributed by atoms with Crippen molar-refractivity contribution in [3.05, 3.63) is 29.0 Å². The van der Waals surface area contributed by atoms with Gasteiger partial charge in [0.2, 0.25) is 0 Å². The number of hydrogen-bond acceptors (Lipinski definition) is 2. The Kier molecular flexibility index (Phi) is 1.70. The molecule has 0 aliphatic heterocycles. The third-order valence-corrected chi connectivity index (χ3v) is 2.11. The average molecular weight is 197 g/mol. The van der Waals surface area contributed by atoms with Crippen LogP contribution in [-0.2, 0) is 0 Å². The van der Waals surface area contributed by atoms with E-state index < -0.39 is 5.97 Å². The summed E-state index contributed by atoms with van der Waals surface area (Å²) in [7, 11) is 0. The van der Waals surface area contributed by atoms with E-state index >= 15 is 0 Å². The summed E-state index contributed by atoms with van der Waals surface area (Å²) in [6.07, 6.45) is 1.57. The monoisotopic (exact) mass is 196 g/mol. The van der Waals surface area contributed by atoms with E-state index in [1.165, 1.54) is 0 Å². The summed E-state index contributed by atoms with van der Waals surface area (Å²) < 4.78 is 0. The fourth-order valence-corrected chi connectivity index (χ4v) is 1.42. The van der Waals surface area contributed by atoms with E-state index in [0.717, 1.165) is 0 Å². The van der Waals surface area contributed by atoms with Crippen LogP contribution in [0.25, 0.3) is 11.0 Å². The quantitative estimate of drug-likeness (QED) is 0.732. The molecule has 0 fully saturated rings. The molecule has 2 heterocycles. The summed E-state index contributed by atoms with van der Waals surface area (Å²) >= 11 is 5.80. The molecule has 0 aliphatic rings. The number of carboxylic acid groups (broad SMARTS) is 1. The summed E-state index contributed by atoms with van der Waals surface area (Å²) in [6, 6.07) is 3.42. The van der Waals surface area contributed by atoms with Crippen LogP contribution in [-0.4, -0.2) is 21.0 Å². The third kappa shape index (κ3) is 1.15. The Balaban J connectivity index is 2.81. The Morgan fingerprint density at radius 1 is 1.62 bits per heavy atom. The molecule has 0 aliphatic carbocycles. The van der Waals surface area contributed by atoms with Crippen LogP contribution in [0.4, 0.5) is 0 Å². The lowest BCUT2D eigenvalue weighted by Gasteiger charge is -1.86. The summed E-state index contributed by atoms with van der Waals surface area (Å²) in [6.45, 7) is 0. The number of aromatic nitrogens is 2. The number of hydrogen-bond donors (Lipinski definition) is 2. The van der Waals surface area contributed by atoms with Crippen LogP contribution in [0.15, 0.2) is 18.3 Å². The van der Waals surface area contributed by atoms with E-state index in [1.54, 1.807) is 18.3 Å². The van der Waals surface area contributed by atoms with Crippen molar-refractivity contribution in [2.24, 2.45) is 0 Å². The van der Waals surface area contributed by atoms with Gasteiger partial charge in [-0.15, -0.1) is 0 Å². The summed E-state index contributed by atoms with van der Waals surface area (Å²) in [5, 5.41) is 9.55. The number of carbonyl (C=O) groups is 1. The van der Waals surface area contributed by atoms with E-state index in [9.17, 15) is 4.79 Å². The van der Waals surface area contributed by atoms with Crippen LogP contribution >= 0.6 is 11.6 Å². The van der Waals surface area contributed by atoms with E-state index in [2.05, 4.69) is 9.97 Å². The molecule has 0 radical (unpaired) electrons. The van der Waals surface area contributed by atoms with Crippen molar-refractivity contribution in [1.29, 1.82) is 0 Å². The molecule has 2 aromatic rings. The van der Waals surface area contributed by atoms with Crippen molar-refractivity contribution in [1.82, 2.24) is 9.97 Å². The lowest BCUT2D eigenvalue weighted by molar-refractivity contribution is 0.0691. The number of rotatable bonds is 1. The first kappa shape index (κ1) is 8.07. The maximum atomic E-state index is 10.6. The zero-order chi connectivity index (χ0) is 9.42. The Morgan fingerprint density at radius 2 is 2.38 bits per heavy atom. The zero-order valence-electron chi connectivity index (χ0n) is 6.41. The van der Waals surface area contributed by atoms with Gasteiger partial charge < -0.3 is 10.1 Å². The lowest BCUT2D eigenvalue weighted by Crippen LogP contribution is -1.96. The molecule has 13 heavy (non-hydrogen) atoms. The number of pyridine rings is 1. The minimum Gasteiger partial charge on any atom is -0.477 e. The number of H-pyrrole nitrogens is 1. The van der Waals surface area contributed by atoms with Gasteiger partial charge in [0, 0.05) is 11.6 Å². The molecule has 5 heteroatoms. The molecule has 0 atom stereocenters. The van der Waals surface area contributed by atoms with Crippen molar-refractivity contribution < 1.29 is 9.90 Å². The fourth-order valence-electron chi connectivity index (χ4n) is 1.14. The molecule has 66 valence electrons. The average Bonchev–Trinajstić information content (AvgIpc) is 2.45. The summed E-state index contributed by atoms with van der Waals surface area (Å²) in [5.41, 5.74) is 0.472. The van der Waals surface area contributed by atoms with Crippen molar-refractivity contribution in [3.8, 4) is 0 Å². The maximum absolute atomic E-state index is 10.6. The molecule has 4 nitrogen and oxygen atoms in total. The molecule has 0 spiro atoms. The smallest absolute Gasteiger partial charge is 0.353 e. The molecule has 0 amide bonds. The fraction of sp³-hybridized carbons (Fsp3) is 0. The first-order valence-corrected chi connectivity index (χ1v) is 3.93. The molecule has 0 unspecified atom stereocenters. The van der Waals surface area contributed by atoms with Gasteiger partial charge in [-0.25, -0.2) is 9.78 Å². The van der Waals surface area contributed by atoms with Gasteiger partial charge in [-0.3, -0.25) is 0 Å². The lowest BCUT2D eigenvalue weighted by atomic mass is 10.3. The first-order chi connectivity index (χ1) is 6.20. The Hall–Kier alpha value is -1.55. The van der Waals surface area contributed by atoms with Crippen molar-refractivity contribution in [2.45, 2.75) is 0 Å². The molecule has 0 saturated carbocycles. The minimum absolute atomic E-state index is 0.0182. The largest absolute Gasteiger partial charge is 0.477 e. The van der Waals surface area contributed by atoms with E-state index in [-0.39, 0.29) is 10.7 Å². The van der Waals surface area contributed by atoms with E-state index in [4.69, 9.17) is 16.7 Å². The van der Waals surface area contributed by atoms with Crippen LogP contribution in [0.2, 0.25) is 5.02 Å². The van der Waals surface area contributed by atoms with Gasteiger partial charge in [-0.2, -0.15) is 0 Å². The van der Waals surface area contributed by atoms with Gasteiger partial charge in [0.15, 0.2) is 0 Å². The van der Waals surface area contributed by atoms with Gasteiger partial charge >= 0.3 is 5.97 Å². The van der Waals surface area contributed by atoms with E-state index in [1.807, 2.05) is 0 Å². The number of carboxylic acids is 1. The Morgan fingerprint density at radius 3 is 3.00 bits per heavy atom. The number of nitrogens with one attached hydrogen (secondary N) is 1. The highest BCUT2D eigenvalue weighted by molar-refractivity contribution is 6.38. The molecule has 0 saturated heterocycles. The van der Waals surface area contributed by atoms with Gasteiger partial charge in [0.1, 0.15) is 11.3 Å². The molecule has 0 bridgehead atoms. The molecular formula is C8H5ClN2O2. The van der Waals surface area contributed by atoms with Crippen molar-refractivity contribution >= 4 is 28.6 Å². The number of aromatic amines is 1. The first-order valence-electron chi connectivity index (χ1n) is 3.55. The predicted molar refractivity (Wildman–Crippen MR) is 48.1 cm³/mol. The van der Waals surface area contributed by atoms with Gasteiger partial charge in [-0.1, -0.05) is 11.6 Å². The molecular weight excluding hydrogens is 192 g/mol. The molecule has 0 aromatic carbocycles. The van der Waals surface area contributed by atoms with Crippen LogP contribution in [0.1, 0.15) is 10.5 Å². The summed E-state index contributed by atoms with van der Waals surface area (Å²) in [4.78, 5) is 17.2. The van der Waals surface area contributed by atoms with Gasteiger partial charge in [0.05, 0.1) is 5.02 Å². The van der Waals surface area contributed by atoms with Crippen LogP contribution in [0.3, 0.4) is 0 Å². The molecule has 2 N–H and O–H groups in total.